The minimum Gasteiger partial charge on any atom is -0.344 e. The van der Waals surface area contributed by atoms with Crippen molar-refractivity contribution in [1.82, 2.24) is 15.1 Å². The summed E-state index contributed by atoms with van der Waals surface area (Å²) in [7, 11) is 1.60. The van der Waals surface area contributed by atoms with Crippen molar-refractivity contribution in [3.63, 3.8) is 0 Å². The predicted molar refractivity (Wildman–Crippen MR) is 69.5 cm³/mol. The smallest absolute Gasteiger partial charge is 0.331 e. The molecule has 1 N–H and O–H groups in total. The van der Waals surface area contributed by atoms with Crippen molar-refractivity contribution in [2.24, 2.45) is 5.41 Å². The van der Waals surface area contributed by atoms with Gasteiger partial charge in [0.15, 0.2) is 0 Å². The van der Waals surface area contributed by atoms with Gasteiger partial charge in [0, 0.05) is 13.6 Å². The quantitative estimate of drug-likeness (QED) is 0.743. The SMILES string of the molecule is CCN(C)C(=O)CN1C(=O)NC(=O)C2(CCCC2)C1=O. The Labute approximate surface area is 117 Å². The molecule has 2 rings (SSSR count). The second kappa shape index (κ2) is 5.22. The lowest BCUT2D eigenvalue weighted by molar-refractivity contribution is -0.153. The van der Waals surface area contributed by atoms with Gasteiger partial charge < -0.3 is 4.90 Å². The van der Waals surface area contributed by atoms with Crippen molar-refractivity contribution in [2.45, 2.75) is 32.6 Å². The van der Waals surface area contributed by atoms with E-state index in [1.54, 1.807) is 14.0 Å². The normalized spacial score (nSPS) is 21.3. The van der Waals surface area contributed by atoms with Crippen LogP contribution in [0.3, 0.4) is 0 Å². The monoisotopic (exact) mass is 281 g/mol. The molecule has 1 aliphatic carbocycles. The number of imide groups is 2. The first-order chi connectivity index (χ1) is 9.42. The van der Waals surface area contributed by atoms with Gasteiger partial charge in [-0.15, -0.1) is 0 Å². The third-order valence-corrected chi connectivity index (χ3v) is 4.21. The molecule has 0 unspecified atom stereocenters. The third-order valence-electron chi connectivity index (χ3n) is 4.21. The van der Waals surface area contributed by atoms with E-state index in [2.05, 4.69) is 5.32 Å². The van der Waals surface area contributed by atoms with Crippen LogP contribution in [0.15, 0.2) is 0 Å². The Hall–Kier alpha value is -1.92. The van der Waals surface area contributed by atoms with E-state index < -0.39 is 23.3 Å². The molecule has 0 aromatic carbocycles. The molecule has 1 saturated heterocycles. The molecular weight excluding hydrogens is 262 g/mol. The Bertz CT molecular complexity index is 468. The van der Waals surface area contributed by atoms with Crippen LogP contribution in [-0.2, 0) is 14.4 Å². The summed E-state index contributed by atoms with van der Waals surface area (Å²) in [6.07, 6.45) is 2.45. The lowest BCUT2D eigenvalue weighted by Crippen LogP contribution is -2.64. The first-order valence-electron chi connectivity index (χ1n) is 6.83. The zero-order chi connectivity index (χ0) is 14.9. The molecule has 0 bridgehead atoms. The molecular formula is C13H19N3O4. The standard InChI is InChI=1S/C13H19N3O4/c1-3-15(2)9(17)8-16-11(19)13(6-4-5-7-13)10(18)14-12(16)20/h3-8H2,1-2H3,(H,14,18,20). The zero-order valence-electron chi connectivity index (χ0n) is 11.8. The molecule has 0 atom stereocenters. The number of carbonyl (C=O) groups is 4. The number of nitrogens with one attached hydrogen (secondary N) is 1. The number of hydrogen-bond acceptors (Lipinski definition) is 4. The third kappa shape index (κ3) is 2.17. The van der Waals surface area contributed by atoms with Crippen molar-refractivity contribution >= 4 is 23.8 Å². The Balaban J connectivity index is 2.20. The van der Waals surface area contributed by atoms with Gasteiger partial charge in [0.25, 0.3) is 0 Å². The van der Waals surface area contributed by atoms with Gasteiger partial charge in [-0.2, -0.15) is 0 Å². The van der Waals surface area contributed by atoms with Crippen molar-refractivity contribution in [3.05, 3.63) is 0 Å². The van der Waals surface area contributed by atoms with E-state index in [0.29, 0.717) is 19.4 Å². The molecule has 1 heterocycles. The predicted octanol–water partition coefficient (Wildman–Crippen LogP) is 0.103. The number of amides is 5. The molecule has 1 saturated carbocycles. The summed E-state index contributed by atoms with van der Waals surface area (Å²) in [5, 5.41) is 2.21. The van der Waals surface area contributed by atoms with E-state index in [1.807, 2.05) is 0 Å². The molecule has 0 radical (unpaired) electrons. The molecule has 2 fully saturated rings. The highest BCUT2D eigenvalue weighted by Gasteiger charge is 2.55. The molecule has 0 aromatic heterocycles. The van der Waals surface area contributed by atoms with Gasteiger partial charge >= 0.3 is 6.03 Å². The van der Waals surface area contributed by atoms with Gasteiger partial charge in [-0.25, -0.2) is 4.79 Å². The summed E-state index contributed by atoms with van der Waals surface area (Å²) >= 11 is 0. The molecule has 0 aromatic rings. The van der Waals surface area contributed by atoms with E-state index in [0.717, 1.165) is 17.7 Å². The van der Waals surface area contributed by atoms with Gasteiger partial charge in [-0.1, -0.05) is 12.8 Å². The van der Waals surface area contributed by atoms with Crippen LogP contribution < -0.4 is 5.32 Å². The number of urea groups is 1. The fourth-order valence-electron chi connectivity index (χ4n) is 2.73. The van der Waals surface area contributed by atoms with Crippen LogP contribution in [-0.4, -0.2) is 53.7 Å². The summed E-state index contributed by atoms with van der Waals surface area (Å²) in [4.78, 5) is 50.5. The Morgan fingerprint density at radius 3 is 2.45 bits per heavy atom. The number of barbiturate groups is 1. The van der Waals surface area contributed by atoms with Crippen molar-refractivity contribution in [2.75, 3.05) is 20.1 Å². The van der Waals surface area contributed by atoms with Crippen LogP contribution in [0.4, 0.5) is 4.79 Å². The maximum Gasteiger partial charge on any atom is 0.331 e. The highest BCUT2D eigenvalue weighted by Crippen LogP contribution is 2.41. The van der Waals surface area contributed by atoms with E-state index in [4.69, 9.17) is 0 Å². The second-order valence-corrected chi connectivity index (χ2v) is 5.35. The van der Waals surface area contributed by atoms with E-state index in [9.17, 15) is 19.2 Å². The van der Waals surface area contributed by atoms with Gasteiger partial charge in [0.2, 0.25) is 17.7 Å². The van der Waals surface area contributed by atoms with Crippen molar-refractivity contribution in [1.29, 1.82) is 0 Å². The number of rotatable bonds is 3. The molecule has 2 aliphatic rings. The molecule has 7 heteroatoms. The number of likely N-dealkylation sites (N-methyl/N-ethyl adjacent to an activating group) is 1. The van der Waals surface area contributed by atoms with Crippen LogP contribution in [0.25, 0.3) is 0 Å². The van der Waals surface area contributed by atoms with Gasteiger partial charge in [0.05, 0.1) is 0 Å². The second-order valence-electron chi connectivity index (χ2n) is 5.35. The highest BCUT2D eigenvalue weighted by atomic mass is 16.2. The van der Waals surface area contributed by atoms with Crippen molar-refractivity contribution in [3.8, 4) is 0 Å². The molecule has 5 amide bonds. The van der Waals surface area contributed by atoms with Crippen LogP contribution in [0.2, 0.25) is 0 Å². The Kier molecular flexibility index (Phi) is 3.78. The summed E-state index contributed by atoms with van der Waals surface area (Å²) in [5.74, 6) is -1.36. The summed E-state index contributed by atoms with van der Waals surface area (Å²) in [6, 6.07) is -0.796. The van der Waals surface area contributed by atoms with Gasteiger partial charge in [-0.05, 0) is 19.8 Å². The number of carbonyl (C=O) groups excluding carboxylic acids is 4. The summed E-state index contributed by atoms with van der Waals surface area (Å²) in [6.45, 7) is 1.98. The minimum absolute atomic E-state index is 0.315. The summed E-state index contributed by atoms with van der Waals surface area (Å²) in [5.41, 5.74) is -1.14. The van der Waals surface area contributed by atoms with E-state index in [1.165, 1.54) is 4.90 Å². The first kappa shape index (κ1) is 14.5. The molecule has 7 nitrogen and oxygen atoms in total. The van der Waals surface area contributed by atoms with E-state index >= 15 is 0 Å². The molecule has 110 valence electrons. The Morgan fingerprint density at radius 2 is 1.90 bits per heavy atom. The first-order valence-corrected chi connectivity index (χ1v) is 6.83. The zero-order valence-corrected chi connectivity index (χ0v) is 11.8. The maximum absolute atomic E-state index is 12.5. The van der Waals surface area contributed by atoms with Crippen LogP contribution in [0.5, 0.6) is 0 Å². The fourth-order valence-corrected chi connectivity index (χ4v) is 2.73. The highest BCUT2D eigenvalue weighted by molar-refractivity contribution is 6.20. The molecule has 1 spiro atoms. The van der Waals surface area contributed by atoms with Gasteiger partial charge in [-0.3, -0.25) is 24.6 Å². The Morgan fingerprint density at radius 1 is 1.30 bits per heavy atom. The van der Waals surface area contributed by atoms with E-state index in [-0.39, 0.29) is 12.5 Å². The minimum atomic E-state index is -1.14. The average molecular weight is 281 g/mol. The molecule has 1 aliphatic heterocycles. The number of nitrogens with zero attached hydrogens (tertiary/aromatic N) is 2. The summed E-state index contributed by atoms with van der Waals surface area (Å²) < 4.78 is 0. The van der Waals surface area contributed by atoms with Crippen molar-refractivity contribution < 1.29 is 19.2 Å². The van der Waals surface area contributed by atoms with Gasteiger partial charge in [0.1, 0.15) is 12.0 Å². The number of hydrogen-bond donors (Lipinski definition) is 1. The lowest BCUT2D eigenvalue weighted by Gasteiger charge is -2.36. The lowest BCUT2D eigenvalue weighted by atomic mass is 9.82. The topological polar surface area (TPSA) is 86.8 Å². The fraction of sp³-hybridized carbons (Fsp3) is 0.692. The van der Waals surface area contributed by atoms with Crippen LogP contribution >= 0.6 is 0 Å². The molecule has 20 heavy (non-hydrogen) atoms. The average Bonchev–Trinajstić information content (AvgIpc) is 2.91. The van der Waals surface area contributed by atoms with Crippen LogP contribution in [0, 0.1) is 5.41 Å². The largest absolute Gasteiger partial charge is 0.344 e. The maximum atomic E-state index is 12.5. The van der Waals surface area contributed by atoms with Crippen LogP contribution in [0.1, 0.15) is 32.6 Å².